The van der Waals surface area contributed by atoms with Crippen molar-refractivity contribution in [2.24, 2.45) is 0 Å². The molecule has 112 valence electrons. The number of carbonyl (C=O) groups is 1. The molecule has 10 heteroatoms. The number of aliphatic hydroxyl groups excluding tert-OH is 1. The van der Waals surface area contributed by atoms with E-state index in [2.05, 4.69) is 20.3 Å². The molecule has 0 radical (unpaired) electrons. The van der Waals surface area contributed by atoms with Gasteiger partial charge in [0, 0.05) is 6.54 Å². The van der Waals surface area contributed by atoms with E-state index in [4.69, 9.17) is 10.5 Å². The molecule has 0 saturated carbocycles. The highest BCUT2D eigenvalue weighted by Crippen LogP contribution is 2.37. The van der Waals surface area contributed by atoms with E-state index >= 15 is 0 Å². The van der Waals surface area contributed by atoms with Gasteiger partial charge in [-0.3, -0.25) is 9.36 Å². The van der Waals surface area contributed by atoms with Crippen molar-refractivity contribution in [1.82, 2.24) is 24.8 Å². The Kier molecular flexibility index (Phi) is 3.01. The third-order valence-electron chi connectivity index (χ3n) is 3.29. The summed E-state index contributed by atoms with van der Waals surface area (Å²) in [6.07, 6.45) is -0.206. The second-order valence-electron chi connectivity index (χ2n) is 4.58. The molecular formula is C11H14N6O4. The van der Waals surface area contributed by atoms with Crippen molar-refractivity contribution in [3.63, 3.8) is 0 Å². The molecule has 1 aliphatic heterocycles. The van der Waals surface area contributed by atoms with E-state index in [1.54, 1.807) is 6.92 Å². The first-order chi connectivity index (χ1) is 9.99. The zero-order valence-electron chi connectivity index (χ0n) is 11.1. The Hall–Kier alpha value is -2.30. The number of carbonyl (C=O) groups excluding carboxylic acids is 1. The molecular weight excluding hydrogens is 280 g/mol. The number of aromatic nitrogens is 4. The van der Waals surface area contributed by atoms with E-state index in [-0.39, 0.29) is 17.0 Å². The summed E-state index contributed by atoms with van der Waals surface area (Å²) < 4.78 is 6.27. The second kappa shape index (κ2) is 4.62. The zero-order valence-corrected chi connectivity index (χ0v) is 11.1. The van der Waals surface area contributed by atoms with Crippen LogP contribution in [0.4, 0.5) is 5.82 Å². The van der Waals surface area contributed by atoms with Crippen LogP contribution in [0.5, 0.6) is 0 Å². The van der Waals surface area contributed by atoms with Gasteiger partial charge in [-0.15, -0.1) is 0 Å². The molecule has 3 atom stereocenters. The summed E-state index contributed by atoms with van der Waals surface area (Å²) in [7, 11) is 0. The Morgan fingerprint density at radius 2 is 2.33 bits per heavy atom. The van der Waals surface area contributed by atoms with Crippen LogP contribution in [0, 0.1) is 0 Å². The van der Waals surface area contributed by atoms with Crippen molar-refractivity contribution in [1.29, 1.82) is 0 Å². The Balaban J connectivity index is 1.93. The third-order valence-corrected chi connectivity index (χ3v) is 3.29. The maximum atomic E-state index is 11.6. The molecule has 0 aromatic carbocycles. The van der Waals surface area contributed by atoms with Crippen molar-refractivity contribution >= 4 is 22.9 Å². The fourth-order valence-corrected chi connectivity index (χ4v) is 2.20. The fraction of sp³-hybridized carbons (Fsp3) is 0.455. The number of nitrogen functional groups attached to an aromatic ring is 1. The zero-order chi connectivity index (χ0) is 15.2. The number of likely N-dealkylation sites (N-methyl/N-ethyl adjacent to an activating group) is 1. The fourth-order valence-electron chi connectivity index (χ4n) is 2.20. The molecule has 1 aliphatic rings. The minimum atomic E-state index is -2.12. The summed E-state index contributed by atoms with van der Waals surface area (Å²) in [4.78, 5) is 23.3. The van der Waals surface area contributed by atoms with Gasteiger partial charge in [-0.1, -0.05) is 0 Å². The first kappa shape index (κ1) is 13.7. The standard InChI is InChI=1S/C11H14N6O4/c1-2-13-10(19)6-7(18)11(20,21-6)17-4-16-5-8(12)14-3-15-9(5)17/h3-4,6-7,18,20H,2H2,1H3,(H,13,19)(H2,12,14,15)/t6?,7-,11?/m0/s1. The van der Waals surface area contributed by atoms with Gasteiger partial charge in [-0.25, -0.2) is 15.0 Å². The molecule has 21 heavy (non-hydrogen) atoms. The predicted octanol–water partition coefficient (Wildman–Crippen LogP) is -2.09. The minimum Gasteiger partial charge on any atom is -0.382 e. The van der Waals surface area contributed by atoms with E-state index < -0.39 is 24.0 Å². The van der Waals surface area contributed by atoms with Crippen LogP contribution in [0.25, 0.3) is 11.2 Å². The molecule has 2 aromatic heterocycles. The quantitative estimate of drug-likeness (QED) is 0.503. The highest BCUT2D eigenvalue weighted by Gasteiger charge is 2.59. The van der Waals surface area contributed by atoms with Crippen molar-refractivity contribution < 1.29 is 19.7 Å². The SMILES string of the molecule is CCNC(=O)C1OC(O)(n2cnc3c(N)ncnc32)[C@H]1O. The van der Waals surface area contributed by atoms with Gasteiger partial charge < -0.3 is 26.0 Å². The van der Waals surface area contributed by atoms with Gasteiger partial charge in [0.1, 0.15) is 18.2 Å². The molecule has 2 aromatic rings. The van der Waals surface area contributed by atoms with Gasteiger partial charge in [0.2, 0.25) is 0 Å². The first-order valence-corrected chi connectivity index (χ1v) is 6.29. The number of nitrogens with one attached hydrogen (secondary N) is 1. The summed E-state index contributed by atoms with van der Waals surface area (Å²) in [6, 6.07) is 0. The lowest BCUT2D eigenvalue weighted by atomic mass is 10.0. The van der Waals surface area contributed by atoms with E-state index in [9.17, 15) is 15.0 Å². The lowest BCUT2D eigenvalue weighted by molar-refractivity contribution is -0.418. The van der Waals surface area contributed by atoms with Crippen LogP contribution in [0.3, 0.4) is 0 Å². The van der Waals surface area contributed by atoms with Gasteiger partial charge in [-0.2, -0.15) is 0 Å². The van der Waals surface area contributed by atoms with E-state index in [1.807, 2.05) is 0 Å². The monoisotopic (exact) mass is 294 g/mol. The van der Waals surface area contributed by atoms with Crippen LogP contribution < -0.4 is 11.1 Å². The van der Waals surface area contributed by atoms with Crippen LogP contribution in [0.2, 0.25) is 0 Å². The largest absolute Gasteiger partial charge is 0.382 e. The second-order valence-corrected chi connectivity index (χ2v) is 4.58. The summed E-state index contributed by atoms with van der Waals surface area (Å²) >= 11 is 0. The number of rotatable bonds is 3. The predicted molar refractivity (Wildman–Crippen MR) is 69.5 cm³/mol. The third kappa shape index (κ3) is 1.84. The summed E-state index contributed by atoms with van der Waals surface area (Å²) in [5, 5.41) is 23.0. The molecule has 3 heterocycles. The number of amides is 1. The van der Waals surface area contributed by atoms with Crippen molar-refractivity contribution in [2.75, 3.05) is 12.3 Å². The molecule has 1 saturated heterocycles. The van der Waals surface area contributed by atoms with Crippen LogP contribution in [0.15, 0.2) is 12.7 Å². The number of aliphatic hydroxyl groups is 2. The van der Waals surface area contributed by atoms with E-state index in [0.717, 1.165) is 4.57 Å². The molecule has 3 rings (SSSR count). The number of ether oxygens (including phenoxy) is 1. The maximum Gasteiger partial charge on any atom is 0.287 e. The summed E-state index contributed by atoms with van der Waals surface area (Å²) in [5.41, 5.74) is 6.11. The number of hydrogen-bond acceptors (Lipinski definition) is 8. The highest BCUT2D eigenvalue weighted by atomic mass is 16.7. The number of anilines is 1. The van der Waals surface area contributed by atoms with Crippen molar-refractivity contribution in [3.8, 4) is 0 Å². The number of nitrogens with zero attached hydrogens (tertiary/aromatic N) is 4. The first-order valence-electron chi connectivity index (χ1n) is 6.29. The van der Waals surface area contributed by atoms with Crippen LogP contribution in [0.1, 0.15) is 6.92 Å². The summed E-state index contributed by atoms with van der Waals surface area (Å²) in [5.74, 6) is -2.49. The van der Waals surface area contributed by atoms with Crippen molar-refractivity contribution in [2.45, 2.75) is 25.0 Å². The summed E-state index contributed by atoms with van der Waals surface area (Å²) in [6.45, 7) is 2.12. The van der Waals surface area contributed by atoms with E-state index in [1.165, 1.54) is 12.7 Å². The number of hydrogen-bond donors (Lipinski definition) is 4. The Bertz CT molecular complexity index is 703. The molecule has 0 aliphatic carbocycles. The van der Waals surface area contributed by atoms with Crippen LogP contribution in [-0.2, 0) is 15.4 Å². The van der Waals surface area contributed by atoms with Gasteiger partial charge in [-0.05, 0) is 6.92 Å². The Labute approximate surface area is 118 Å². The molecule has 2 unspecified atom stereocenters. The van der Waals surface area contributed by atoms with Gasteiger partial charge in [0.05, 0.1) is 0 Å². The lowest BCUT2D eigenvalue weighted by Crippen LogP contribution is -2.69. The highest BCUT2D eigenvalue weighted by molar-refractivity contribution is 5.83. The van der Waals surface area contributed by atoms with E-state index in [0.29, 0.717) is 6.54 Å². The van der Waals surface area contributed by atoms with Gasteiger partial charge >= 0.3 is 0 Å². The molecule has 1 amide bonds. The molecule has 0 spiro atoms. The van der Waals surface area contributed by atoms with Crippen LogP contribution in [-0.4, -0.2) is 54.4 Å². The van der Waals surface area contributed by atoms with Gasteiger partial charge in [0.25, 0.3) is 11.8 Å². The van der Waals surface area contributed by atoms with Crippen LogP contribution >= 0.6 is 0 Å². The molecule has 0 bridgehead atoms. The number of fused-ring (bicyclic) bond motifs is 1. The maximum absolute atomic E-state index is 11.6. The minimum absolute atomic E-state index is 0.136. The smallest absolute Gasteiger partial charge is 0.287 e. The lowest BCUT2D eigenvalue weighted by Gasteiger charge is -2.47. The normalized spacial score (nSPS) is 28.3. The molecule has 1 fully saturated rings. The Morgan fingerprint density at radius 3 is 3.00 bits per heavy atom. The molecule has 10 nitrogen and oxygen atoms in total. The average Bonchev–Trinajstić information content (AvgIpc) is 2.90. The number of imidazole rings is 1. The topological polar surface area (TPSA) is 148 Å². The molecule has 5 N–H and O–H groups in total. The van der Waals surface area contributed by atoms with Gasteiger partial charge in [0.15, 0.2) is 23.7 Å². The Morgan fingerprint density at radius 1 is 1.57 bits per heavy atom. The number of nitrogens with two attached hydrogens (primary N) is 1. The average molecular weight is 294 g/mol. The van der Waals surface area contributed by atoms with Crippen molar-refractivity contribution in [3.05, 3.63) is 12.7 Å².